The molecule has 1 aliphatic heterocycles. The van der Waals surface area contributed by atoms with E-state index in [2.05, 4.69) is 20.7 Å². The van der Waals surface area contributed by atoms with Crippen LogP contribution in [0.4, 0.5) is 5.69 Å². The number of hydrogen-bond acceptors (Lipinski definition) is 5. The third-order valence-electron chi connectivity index (χ3n) is 4.56. The second-order valence-electron chi connectivity index (χ2n) is 6.42. The van der Waals surface area contributed by atoms with Crippen LogP contribution in [0.15, 0.2) is 40.9 Å². The largest absolute Gasteiger partial charge is 0.493 e. The van der Waals surface area contributed by atoms with E-state index in [0.717, 1.165) is 23.2 Å². The molecule has 1 aliphatic rings. The minimum absolute atomic E-state index is 0.0232. The van der Waals surface area contributed by atoms with Crippen molar-refractivity contribution in [2.75, 3.05) is 32.3 Å². The Kier molecular flexibility index (Phi) is 6.59. The summed E-state index contributed by atoms with van der Waals surface area (Å²) >= 11 is 3.53. The second-order valence-corrected chi connectivity index (χ2v) is 7.28. The van der Waals surface area contributed by atoms with E-state index in [1.165, 1.54) is 14.2 Å². The highest BCUT2D eigenvalue weighted by atomic mass is 79.9. The number of para-hydroxylation sites is 1. The summed E-state index contributed by atoms with van der Waals surface area (Å²) in [5, 5.41) is 0. The molecule has 0 spiro atoms. The Morgan fingerprint density at radius 1 is 1.17 bits per heavy atom. The zero-order chi connectivity index (χ0) is 21.0. The molecule has 1 amide bonds. The molecule has 1 heterocycles. The maximum atomic E-state index is 13.0. The van der Waals surface area contributed by atoms with Gasteiger partial charge in [-0.3, -0.25) is 4.79 Å². The number of methoxy groups -OCH3 is 2. The summed E-state index contributed by atoms with van der Waals surface area (Å²) in [6.45, 7) is 2.49. The zero-order valence-electron chi connectivity index (χ0n) is 16.5. The first-order chi connectivity index (χ1) is 14.0. The van der Waals surface area contributed by atoms with E-state index in [0.29, 0.717) is 28.1 Å². The van der Waals surface area contributed by atoms with Crippen LogP contribution in [0.2, 0.25) is 0 Å². The lowest BCUT2D eigenvalue weighted by Crippen LogP contribution is -2.26. The van der Waals surface area contributed by atoms with Crippen LogP contribution in [-0.4, -0.2) is 39.2 Å². The maximum Gasteiger partial charge on any atom is 0.343 e. The van der Waals surface area contributed by atoms with Gasteiger partial charge in [0, 0.05) is 22.2 Å². The molecule has 0 radical (unpaired) electrons. The fraction of sp³-hybridized carbons (Fsp3) is 0.273. The van der Waals surface area contributed by atoms with Crippen LogP contribution < -0.4 is 14.4 Å². The summed E-state index contributed by atoms with van der Waals surface area (Å²) < 4.78 is 16.2. The summed E-state index contributed by atoms with van der Waals surface area (Å²) in [6, 6.07) is 11.3. The summed E-state index contributed by atoms with van der Waals surface area (Å²) in [5.74, 6) is 0.342. The number of carbonyl (C=O) groups is 2. The molecule has 0 saturated heterocycles. The number of nitrogens with zero attached hydrogens (tertiary/aromatic N) is 1. The average Bonchev–Trinajstić information content (AvgIpc) is 2.99. The number of hydrogen-bond donors (Lipinski definition) is 0. The topological polar surface area (TPSA) is 65.1 Å². The molecule has 0 bridgehead atoms. The summed E-state index contributed by atoms with van der Waals surface area (Å²) in [7, 11) is 2.82. The van der Waals surface area contributed by atoms with Crippen LogP contribution in [0, 0.1) is 0 Å². The monoisotopic (exact) mass is 459 g/mol. The zero-order valence-corrected chi connectivity index (χ0v) is 18.1. The van der Waals surface area contributed by atoms with Crippen molar-refractivity contribution in [2.45, 2.75) is 13.3 Å². The van der Waals surface area contributed by atoms with E-state index in [-0.39, 0.29) is 12.5 Å². The van der Waals surface area contributed by atoms with Crippen LogP contribution in [-0.2, 0) is 14.3 Å². The van der Waals surface area contributed by atoms with Gasteiger partial charge in [-0.05, 0) is 36.3 Å². The quantitative estimate of drug-likeness (QED) is 0.455. The first-order valence-corrected chi connectivity index (χ1v) is 9.99. The van der Waals surface area contributed by atoms with E-state index in [1.807, 2.05) is 37.3 Å². The number of amides is 1. The van der Waals surface area contributed by atoms with Gasteiger partial charge >= 0.3 is 5.97 Å². The molecule has 29 heavy (non-hydrogen) atoms. The third-order valence-corrected chi connectivity index (χ3v) is 5.25. The molecule has 0 atom stereocenters. The lowest BCUT2D eigenvalue weighted by atomic mass is 10.0. The third kappa shape index (κ3) is 4.29. The lowest BCUT2D eigenvalue weighted by Gasteiger charge is -2.15. The number of ether oxygens (including phenoxy) is 3. The number of esters is 1. The van der Waals surface area contributed by atoms with Gasteiger partial charge in [-0.1, -0.05) is 41.1 Å². The van der Waals surface area contributed by atoms with Crippen LogP contribution in [0.25, 0.3) is 11.6 Å². The minimum Gasteiger partial charge on any atom is -0.493 e. The standard InChI is InChI=1S/C22H22BrNO5/c1-4-9-24-18-8-6-5-7-15(18)16(22(24)26)10-14-11-19(27-2)20(12-17(14)23)29-13-21(25)28-3/h5-8,10-12H,4,9,13H2,1-3H3/b16-10-. The van der Waals surface area contributed by atoms with Gasteiger partial charge in [0.25, 0.3) is 5.91 Å². The Morgan fingerprint density at radius 3 is 2.62 bits per heavy atom. The van der Waals surface area contributed by atoms with Crippen molar-refractivity contribution in [2.24, 2.45) is 0 Å². The summed E-state index contributed by atoms with van der Waals surface area (Å²) in [4.78, 5) is 26.2. The number of halogens is 1. The van der Waals surface area contributed by atoms with Crippen molar-refractivity contribution >= 4 is 45.1 Å². The van der Waals surface area contributed by atoms with E-state index in [4.69, 9.17) is 9.47 Å². The van der Waals surface area contributed by atoms with Crippen molar-refractivity contribution < 1.29 is 23.8 Å². The van der Waals surface area contributed by atoms with Gasteiger partial charge in [0.05, 0.1) is 19.9 Å². The van der Waals surface area contributed by atoms with Crippen LogP contribution in [0.5, 0.6) is 11.5 Å². The highest BCUT2D eigenvalue weighted by Crippen LogP contribution is 2.40. The molecule has 0 fully saturated rings. The Bertz CT molecular complexity index is 970. The average molecular weight is 460 g/mol. The molecule has 2 aromatic rings. The van der Waals surface area contributed by atoms with Gasteiger partial charge < -0.3 is 19.1 Å². The number of rotatable bonds is 7. The SMILES string of the molecule is CCCN1C(=O)/C(=C\c2cc(OC)c(OCC(=O)OC)cc2Br)c2ccccc21. The van der Waals surface area contributed by atoms with Crippen LogP contribution in [0.3, 0.4) is 0 Å². The normalized spacial score (nSPS) is 14.1. The number of benzene rings is 2. The molecule has 3 rings (SSSR count). The Hall–Kier alpha value is -2.80. The van der Waals surface area contributed by atoms with Gasteiger partial charge in [-0.15, -0.1) is 0 Å². The molecule has 7 heteroatoms. The minimum atomic E-state index is -0.487. The molecule has 6 nitrogen and oxygen atoms in total. The molecule has 0 unspecified atom stereocenters. The van der Waals surface area contributed by atoms with E-state index in [1.54, 1.807) is 17.0 Å². The number of fused-ring (bicyclic) bond motifs is 1. The lowest BCUT2D eigenvalue weighted by molar-refractivity contribution is -0.142. The van der Waals surface area contributed by atoms with Gasteiger partial charge in [0.2, 0.25) is 0 Å². The highest BCUT2D eigenvalue weighted by Gasteiger charge is 2.31. The second kappa shape index (κ2) is 9.13. The van der Waals surface area contributed by atoms with Crippen molar-refractivity contribution in [3.8, 4) is 11.5 Å². The fourth-order valence-electron chi connectivity index (χ4n) is 3.18. The van der Waals surface area contributed by atoms with Crippen LogP contribution >= 0.6 is 15.9 Å². The van der Waals surface area contributed by atoms with Crippen molar-refractivity contribution in [1.29, 1.82) is 0 Å². The van der Waals surface area contributed by atoms with E-state index >= 15 is 0 Å². The summed E-state index contributed by atoms with van der Waals surface area (Å²) in [6.07, 6.45) is 2.71. The first kappa shape index (κ1) is 20.9. The van der Waals surface area contributed by atoms with Crippen molar-refractivity contribution in [1.82, 2.24) is 0 Å². The van der Waals surface area contributed by atoms with Crippen molar-refractivity contribution in [3.05, 3.63) is 52.0 Å². The molecule has 0 saturated carbocycles. The molecule has 2 aromatic carbocycles. The van der Waals surface area contributed by atoms with Gasteiger partial charge in [-0.25, -0.2) is 4.79 Å². The molecule has 152 valence electrons. The van der Waals surface area contributed by atoms with Crippen molar-refractivity contribution in [3.63, 3.8) is 0 Å². The Balaban J connectivity index is 2.00. The smallest absolute Gasteiger partial charge is 0.343 e. The molecular weight excluding hydrogens is 438 g/mol. The number of anilines is 1. The predicted molar refractivity (Wildman–Crippen MR) is 115 cm³/mol. The fourth-order valence-corrected chi connectivity index (χ4v) is 3.61. The molecular formula is C22H22BrNO5. The van der Waals surface area contributed by atoms with E-state index < -0.39 is 5.97 Å². The number of carbonyl (C=O) groups excluding carboxylic acids is 2. The maximum absolute atomic E-state index is 13.0. The van der Waals surface area contributed by atoms with Gasteiger partial charge in [-0.2, -0.15) is 0 Å². The Labute approximate surface area is 178 Å². The van der Waals surface area contributed by atoms with Gasteiger partial charge in [0.1, 0.15) is 0 Å². The van der Waals surface area contributed by atoms with Gasteiger partial charge in [0.15, 0.2) is 18.1 Å². The summed E-state index contributed by atoms with van der Waals surface area (Å²) in [5.41, 5.74) is 3.22. The molecule has 0 aliphatic carbocycles. The van der Waals surface area contributed by atoms with Crippen LogP contribution in [0.1, 0.15) is 24.5 Å². The Morgan fingerprint density at radius 2 is 1.93 bits per heavy atom. The predicted octanol–water partition coefficient (Wildman–Crippen LogP) is 4.31. The first-order valence-electron chi connectivity index (χ1n) is 9.20. The molecule has 0 N–H and O–H groups in total. The highest BCUT2D eigenvalue weighted by molar-refractivity contribution is 9.10. The molecule has 0 aromatic heterocycles. The van der Waals surface area contributed by atoms with E-state index in [9.17, 15) is 9.59 Å².